The van der Waals surface area contributed by atoms with Crippen molar-refractivity contribution in [1.29, 1.82) is 5.26 Å². The molecule has 5 amide bonds. The lowest BCUT2D eigenvalue weighted by molar-refractivity contribution is -0.136. The normalized spacial score (nSPS) is 24.2. The summed E-state index contributed by atoms with van der Waals surface area (Å²) >= 11 is 6.15. The van der Waals surface area contributed by atoms with Gasteiger partial charge in [0, 0.05) is 56.4 Å². The Morgan fingerprint density at radius 1 is 0.879 bits per heavy atom. The SMILES string of the molecule is N#Cc1ccc(OC2CCC(NC(=O)c3ccc(N4CCC(CN5CCC[C@@H](Nc6ccc7c(c6)C(=O)N(C6CCC(=O)NC6=O)C7=O)C5)CC4)nn3)CC2)cc1Cl. The Bertz CT molecular complexity index is 2130. The van der Waals surface area contributed by atoms with E-state index in [1.165, 1.54) is 0 Å². The molecule has 5 heterocycles. The minimum atomic E-state index is -0.985. The summed E-state index contributed by atoms with van der Waals surface area (Å²) in [5, 5.41) is 27.1. The number of benzene rings is 2. The van der Waals surface area contributed by atoms with Gasteiger partial charge in [0.15, 0.2) is 11.5 Å². The van der Waals surface area contributed by atoms with Crippen LogP contribution in [0.4, 0.5) is 11.5 Å². The van der Waals surface area contributed by atoms with Gasteiger partial charge in [0.05, 0.1) is 27.8 Å². The van der Waals surface area contributed by atoms with E-state index in [-0.39, 0.29) is 48.1 Å². The van der Waals surface area contributed by atoms with Crippen LogP contribution in [0.3, 0.4) is 0 Å². The first-order chi connectivity index (χ1) is 28.1. The summed E-state index contributed by atoms with van der Waals surface area (Å²) < 4.78 is 6.08. The first-order valence-electron chi connectivity index (χ1n) is 20.2. The number of piperidine rings is 3. The van der Waals surface area contributed by atoms with E-state index in [9.17, 15) is 24.0 Å². The van der Waals surface area contributed by atoms with Gasteiger partial charge >= 0.3 is 0 Å². The van der Waals surface area contributed by atoms with Gasteiger partial charge in [0.25, 0.3) is 17.7 Å². The van der Waals surface area contributed by atoms with E-state index in [1.807, 2.05) is 12.1 Å². The Morgan fingerprint density at radius 3 is 2.40 bits per heavy atom. The van der Waals surface area contributed by atoms with Gasteiger partial charge in [0.2, 0.25) is 11.8 Å². The predicted octanol–water partition coefficient (Wildman–Crippen LogP) is 4.32. The smallest absolute Gasteiger partial charge is 0.272 e. The number of carbonyl (C=O) groups excluding carboxylic acids is 5. The second-order valence-corrected chi connectivity index (χ2v) is 16.4. The largest absolute Gasteiger partial charge is 0.490 e. The Labute approximate surface area is 341 Å². The molecule has 0 radical (unpaired) electrons. The highest BCUT2D eigenvalue weighted by molar-refractivity contribution is 6.31. The van der Waals surface area contributed by atoms with Crippen molar-refractivity contribution in [3.8, 4) is 11.8 Å². The number of nitrogens with one attached hydrogen (secondary N) is 3. The van der Waals surface area contributed by atoms with Gasteiger partial charge in [0.1, 0.15) is 17.9 Å². The third kappa shape index (κ3) is 8.63. The number of imide groups is 2. The maximum atomic E-state index is 13.3. The third-order valence-electron chi connectivity index (χ3n) is 12.0. The van der Waals surface area contributed by atoms with E-state index in [4.69, 9.17) is 21.6 Å². The lowest BCUT2D eigenvalue weighted by Crippen LogP contribution is -2.54. The Kier molecular flexibility index (Phi) is 11.6. The zero-order chi connectivity index (χ0) is 40.3. The second kappa shape index (κ2) is 17.1. The van der Waals surface area contributed by atoms with Gasteiger partial charge in [-0.25, -0.2) is 0 Å². The van der Waals surface area contributed by atoms with E-state index in [2.05, 4.69) is 42.0 Å². The molecule has 58 heavy (non-hydrogen) atoms. The van der Waals surface area contributed by atoms with Crippen molar-refractivity contribution >= 4 is 52.6 Å². The summed E-state index contributed by atoms with van der Waals surface area (Å²) in [4.78, 5) is 69.2. The summed E-state index contributed by atoms with van der Waals surface area (Å²) in [6, 6.07) is 15.2. The summed E-state index contributed by atoms with van der Waals surface area (Å²) in [6.45, 7) is 4.60. The molecule has 3 saturated heterocycles. The molecule has 1 saturated carbocycles. The molecule has 0 spiro atoms. The molecule has 3 N–H and O–H groups in total. The number of nitriles is 1. The number of ether oxygens (including phenoxy) is 1. The van der Waals surface area contributed by atoms with Gasteiger partial charge < -0.3 is 25.2 Å². The average Bonchev–Trinajstić information content (AvgIpc) is 3.47. The highest BCUT2D eigenvalue weighted by Gasteiger charge is 2.44. The maximum absolute atomic E-state index is 13.3. The molecule has 2 atom stereocenters. The Morgan fingerprint density at radius 2 is 1.67 bits per heavy atom. The predicted molar refractivity (Wildman–Crippen MR) is 213 cm³/mol. The summed E-state index contributed by atoms with van der Waals surface area (Å²) in [5.74, 6) is -0.310. The number of rotatable bonds is 10. The molecule has 1 aliphatic carbocycles. The summed E-state index contributed by atoms with van der Waals surface area (Å²) in [5.41, 5.74) is 2.02. The van der Waals surface area contributed by atoms with Crippen molar-refractivity contribution in [3.05, 3.63) is 75.9 Å². The van der Waals surface area contributed by atoms with Crippen LogP contribution in [0.15, 0.2) is 48.5 Å². The number of likely N-dealkylation sites (tertiary alicyclic amines) is 1. The van der Waals surface area contributed by atoms with Crippen molar-refractivity contribution in [2.24, 2.45) is 5.92 Å². The molecule has 4 fully saturated rings. The number of nitrogens with zero attached hydrogens (tertiary/aromatic N) is 6. The van der Waals surface area contributed by atoms with Gasteiger partial charge in [-0.05, 0) is 113 Å². The number of hydrogen-bond donors (Lipinski definition) is 3. The van der Waals surface area contributed by atoms with Crippen LogP contribution in [0.25, 0.3) is 0 Å². The van der Waals surface area contributed by atoms with Crippen molar-refractivity contribution in [2.45, 2.75) is 88.4 Å². The number of fused-ring (bicyclic) bond motifs is 1. The molecular formula is C42H46ClN9O6. The highest BCUT2D eigenvalue weighted by atomic mass is 35.5. The lowest BCUT2D eigenvalue weighted by atomic mass is 9.92. The first-order valence-corrected chi connectivity index (χ1v) is 20.6. The molecule has 2 aromatic carbocycles. The van der Waals surface area contributed by atoms with Crippen LogP contribution in [0.5, 0.6) is 5.75 Å². The fraction of sp³-hybridized carbons (Fsp3) is 0.476. The molecule has 4 aliphatic heterocycles. The minimum Gasteiger partial charge on any atom is -0.490 e. The first kappa shape index (κ1) is 39.2. The molecule has 15 nitrogen and oxygen atoms in total. The molecule has 8 rings (SSSR count). The molecule has 0 bridgehead atoms. The molecule has 302 valence electrons. The lowest BCUT2D eigenvalue weighted by Gasteiger charge is -2.38. The maximum Gasteiger partial charge on any atom is 0.272 e. The molecule has 1 unspecified atom stereocenters. The number of carbonyl (C=O) groups is 5. The van der Waals surface area contributed by atoms with Gasteiger partial charge in [-0.15, -0.1) is 10.2 Å². The monoisotopic (exact) mass is 807 g/mol. The van der Waals surface area contributed by atoms with Crippen LogP contribution >= 0.6 is 11.6 Å². The highest BCUT2D eigenvalue weighted by Crippen LogP contribution is 2.32. The fourth-order valence-electron chi connectivity index (χ4n) is 8.90. The number of aromatic nitrogens is 2. The second-order valence-electron chi connectivity index (χ2n) is 16.0. The molecule has 5 aliphatic rings. The van der Waals surface area contributed by atoms with E-state index >= 15 is 0 Å². The zero-order valence-corrected chi connectivity index (χ0v) is 32.9. The number of amides is 5. The molecular weight excluding hydrogens is 762 g/mol. The molecule has 1 aromatic heterocycles. The van der Waals surface area contributed by atoms with E-state index in [1.54, 1.807) is 36.4 Å². The van der Waals surface area contributed by atoms with Crippen molar-refractivity contribution in [3.63, 3.8) is 0 Å². The van der Waals surface area contributed by atoms with Crippen LogP contribution in [-0.4, -0.2) is 106 Å². The van der Waals surface area contributed by atoms with E-state index < -0.39 is 29.7 Å². The van der Waals surface area contributed by atoms with Crippen LogP contribution < -0.4 is 25.6 Å². The molecule has 16 heteroatoms. The fourth-order valence-corrected chi connectivity index (χ4v) is 9.11. The number of hydrogen-bond acceptors (Lipinski definition) is 12. The average molecular weight is 808 g/mol. The quantitative estimate of drug-likeness (QED) is 0.247. The van der Waals surface area contributed by atoms with Gasteiger partial charge in [-0.3, -0.25) is 34.2 Å². The summed E-state index contributed by atoms with van der Waals surface area (Å²) in [7, 11) is 0. The van der Waals surface area contributed by atoms with Crippen LogP contribution in [0.2, 0.25) is 5.02 Å². The Balaban J connectivity index is 0.763. The van der Waals surface area contributed by atoms with E-state index in [0.29, 0.717) is 27.9 Å². The zero-order valence-electron chi connectivity index (χ0n) is 32.1. The van der Waals surface area contributed by atoms with Crippen LogP contribution in [0.1, 0.15) is 101 Å². The van der Waals surface area contributed by atoms with Crippen LogP contribution in [-0.2, 0) is 9.59 Å². The topological polar surface area (TPSA) is 190 Å². The van der Waals surface area contributed by atoms with Crippen molar-refractivity contribution < 1.29 is 28.7 Å². The number of anilines is 2. The third-order valence-corrected chi connectivity index (χ3v) is 12.3. The molecule has 3 aromatic rings. The number of halogens is 1. The van der Waals surface area contributed by atoms with E-state index in [0.717, 1.165) is 100 Å². The van der Waals surface area contributed by atoms with Crippen LogP contribution in [0, 0.1) is 17.2 Å². The van der Waals surface area contributed by atoms with Gasteiger partial charge in [-0.1, -0.05) is 11.6 Å². The standard InChI is InChI=1S/C42H46ClN9O6/c43-34-21-31(7-3-26(34)22-44)58-30-8-4-27(5-9-30)46-39(54)35-11-13-37(49-48-35)51-18-15-25(16-19-51)23-50-17-1-2-29(24-50)45-28-6-10-32-33(20-28)42(57)52(41(32)56)36-12-14-38(53)47-40(36)55/h3,6-7,10-11,13,20-21,25,27,29-30,36,45H,1-2,4-5,8-9,12,14-19,23-24H2,(H,46,54)(H,47,53,55)/t27?,29-,30?,36?/m1/s1. The van der Waals surface area contributed by atoms with Crippen molar-refractivity contribution in [1.82, 2.24) is 30.6 Å². The van der Waals surface area contributed by atoms with Gasteiger partial charge in [-0.2, -0.15) is 5.26 Å². The minimum absolute atomic E-state index is 0.0170. The van der Waals surface area contributed by atoms with Crippen molar-refractivity contribution in [2.75, 3.05) is 42.9 Å². The Hall–Kier alpha value is -5.59. The summed E-state index contributed by atoms with van der Waals surface area (Å²) in [6.07, 6.45) is 7.44.